The molecule has 1 heterocycles. The fourth-order valence-corrected chi connectivity index (χ4v) is 1.11. The minimum absolute atomic E-state index is 0.0393. The molecule has 0 aromatic rings. The van der Waals surface area contributed by atoms with E-state index >= 15 is 0 Å². The molecule has 10 heavy (non-hydrogen) atoms. The summed E-state index contributed by atoms with van der Waals surface area (Å²) in [6, 6.07) is 0. The lowest BCUT2D eigenvalue weighted by Crippen LogP contribution is -2.12. The first-order chi connectivity index (χ1) is 4.79. The molecule has 1 aliphatic heterocycles. The van der Waals surface area contributed by atoms with E-state index in [1.807, 2.05) is 0 Å². The van der Waals surface area contributed by atoms with Gasteiger partial charge in [-0.1, -0.05) is 19.4 Å². The molecule has 1 saturated heterocycles. The van der Waals surface area contributed by atoms with Crippen LogP contribution in [0.5, 0.6) is 0 Å². The minimum atomic E-state index is -0.462. The van der Waals surface area contributed by atoms with Crippen LogP contribution in [0.15, 0.2) is 12.7 Å². The van der Waals surface area contributed by atoms with Crippen LogP contribution in [0, 0.1) is 0 Å². The minimum Gasteiger partial charge on any atom is -0.386 e. The van der Waals surface area contributed by atoms with E-state index in [1.54, 1.807) is 0 Å². The molecule has 0 aromatic carbocycles. The van der Waals surface area contributed by atoms with Gasteiger partial charge in [-0.3, -0.25) is 0 Å². The van der Waals surface area contributed by atoms with E-state index in [0.717, 1.165) is 12.8 Å². The van der Waals surface area contributed by atoms with Gasteiger partial charge in [0.1, 0.15) is 12.2 Å². The summed E-state index contributed by atoms with van der Waals surface area (Å²) in [7, 11) is 0. The molecule has 0 spiro atoms. The Morgan fingerprint density at radius 2 is 2.50 bits per heavy atom. The molecule has 0 radical (unpaired) electrons. The first kappa shape index (κ1) is 7.76. The standard InChI is InChI=1S/C8H14O2/c1-3-5-7-8(10-7)6(9)4-2/h4,6-9H,2-3,5H2,1H3/t6-,7-,8-/m0/s1. The number of aliphatic hydroxyl groups is 1. The summed E-state index contributed by atoms with van der Waals surface area (Å²) in [5.41, 5.74) is 0. The molecular weight excluding hydrogens is 128 g/mol. The zero-order valence-corrected chi connectivity index (χ0v) is 6.29. The molecule has 0 aromatic heterocycles. The van der Waals surface area contributed by atoms with Gasteiger partial charge >= 0.3 is 0 Å². The van der Waals surface area contributed by atoms with Crippen molar-refractivity contribution in [3.8, 4) is 0 Å². The van der Waals surface area contributed by atoms with Crippen LogP contribution < -0.4 is 0 Å². The summed E-state index contributed by atoms with van der Waals surface area (Å²) in [6.45, 7) is 5.60. The average Bonchev–Trinajstić information content (AvgIpc) is 2.67. The van der Waals surface area contributed by atoms with Crippen LogP contribution >= 0.6 is 0 Å². The predicted molar refractivity (Wildman–Crippen MR) is 39.8 cm³/mol. The number of hydrogen-bond acceptors (Lipinski definition) is 2. The summed E-state index contributed by atoms with van der Waals surface area (Å²) in [4.78, 5) is 0. The SMILES string of the molecule is C=C[C@H](O)[C@@H]1O[C@H]1CCC. The first-order valence-corrected chi connectivity index (χ1v) is 3.75. The lowest BCUT2D eigenvalue weighted by atomic mass is 10.1. The Bertz CT molecular complexity index is 122. The Morgan fingerprint density at radius 1 is 1.80 bits per heavy atom. The maximum atomic E-state index is 9.15. The molecule has 1 rings (SSSR count). The Balaban J connectivity index is 2.17. The summed E-state index contributed by atoms with van der Waals surface area (Å²) < 4.78 is 5.19. The van der Waals surface area contributed by atoms with Gasteiger partial charge in [-0.05, 0) is 6.42 Å². The van der Waals surface area contributed by atoms with Gasteiger partial charge in [0.05, 0.1) is 6.10 Å². The van der Waals surface area contributed by atoms with E-state index in [1.165, 1.54) is 6.08 Å². The number of hydrogen-bond donors (Lipinski definition) is 1. The molecule has 1 aliphatic rings. The monoisotopic (exact) mass is 142 g/mol. The predicted octanol–water partition coefficient (Wildman–Crippen LogP) is 1.10. The Labute approximate surface area is 61.5 Å². The molecule has 0 saturated carbocycles. The van der Waals surface area contributed by atoms with Crippen LogP contribution in [0.1, 0.15) is 19.8 Å². The molecular formula is C8H14O2. The lowest BCUT2D eigenvalue weighted by molar-refractivity contribution is 0.177. The Hall–Kier alpha value is -0.340. The molecule has 2 nitrogen and oxygen atoms in total. The zero-order chi connectivity index (χ0) is 7.56. The molecule has 58 valence electrons. The number of aliphatic hydroxyl groups excluding tert-OH is 1. The average molecular weight is 142 g/mol. The highest BCUT2D eigenvalue weighted by Crippen LogP contribution is 2.29. The highest BCUT2D eigenvalue weighted by molar-refractivity contribution is 4.97. The van der Waals surface area contributed by atoms with Crippen LogP contribution in [0.25, 0.3) is 0 Å². The van der Waals surface area contributed by atoms with E-state index in [-0.39, 0.29) is 12.2 Å². The van der Waals surface area contributed by atoms with Crippen molar-refractivity contribution in [1.29, 1.82) is 0 Å². The van der Waals surface area contributed by atoms with Gasteiger partial charge in [0, 0.05) is 0 Å². The normalized spacial score (nSPS) is 33.4. The maximum Gasteiger partial charge on any atom is 0.114 e. The van der Waals surface area contributed by atoms with Crippen molar-refractivity contribution in [2.75, 3.05) is 0 Å². The third-order valence-corrected chi connectivity index (χ3v) is 1.77. The molecule has 0 unspecified atom stereocenters. The van der Waals surface area contributed by atoms with Gasteiger partial charge in [-0.15, -0.1) is 6.58 Å². The quantitative estimate of drug-likeness (QED) is 0.471. The second-order valence-electron chi connectivity index (χ2n) is 2.65. The summed E-state index contributed by atoms with van der Waals surface area (Å²) in [5, 5.41) is 9.15. The lowest BCUT2D eigenvalue weighted by Gasteiger charge is -1.96. The largest absolute Gasteiger partial charge is 0.386 e. The molecule has 3 atom stereocenters. The van der Waals surface area contributed by atoms with Crippen LogP contribution in [0.3, 0.4) is 0 Å². The summed E-state index contributed by atoms with van der Waals surface area (Å²) in [6.07, 6.45) is 3.56. The van der Waals surface area contributed by atoms with Crippen LogP contribution in [-0.2, 0) is 4.74 Å². The Kier molecular flexibility index (Phi) is 2.46. The van der Waals surface area contributed by atoms with Gasteiger partial charge in [-0.2, -0.15) is 0 Å². The molecule has 0 amide bonds. The molecule has 2 heteroatoms. The van der Waals surface area contributed by atoms with Crippen molar-refractivity contribution in [3.05, 3.63) is 12.7 Å². The van der Waals surface area contributed by atoms with Crippen LogP contribution in [0.2, 0.25) is 0 Å². The van der Waals surface area contributed by atoms with Crippen molar-refractivity contribution < 1.29 is 9.84 Å². The molecule has 1 N–H and O–H groups in total. The number of epoxide rings is 1. The second kappa shape index (κ2) is 3.17. The molecule has 1 fully saturated rings. The zero-order valence-electron chi connectivity index (χ0n) is 6.29. The van der Waals surface area contributed by atoms with Crippen molar-refractivity contribution in [1.82, 2.24) is 0 Å². The third-order valence-electron chi connectivity index (χ3n) is 1.77. The van der Waals surface area contributed by atoms with Crippen LogP contribution in [0.4, 0.5) is 0 Å². The van der Waals surface area contributed by atoms with Gasteiger partial charge in [0.15, 0.2) is 0 Å². The summed E-state index contributed by atoms with van der Waals surface area (Å²) >= 11 is 0. The molecule has 0 bridgehead atoms. The van der Waals surface area contributed by atoms with Crippen molar-refractivity contribution in [3.63, 3.8) is 0 Å². The third kappa shape index (κ3) is 1.58. The fourth-order valence-electron chi connectivity index (χ4n) is 1.11. The van der Waals surface area contributed by atoms with E-state index in [9.17, 15) is 0 Å². The number of ether oxygens (including phenoxy) is 1. The van der Waals surface area contributed by atoms with Crippen molar-refractivity contribution in [2.45, 2.75) is 38.1 Å². The van der Waals surface area contributed by atoms with Gasteiger partial charge in [-0.25, -0.2) is 0 Å². The second-order valence-corrected chi connectivity index (χ2v) is 2.65. The Morgan fingerprint density at radius 3 is 3.00 bits per heavy atom. The summed E-state index contributed by atoms with van der Waals surface area (Å²) in [5.74, 6) is 0. The van der Waals surface area contributed by atoms with Gasteiger partial charge in [0.25, 0.3) is 0 Å². The van der Waals surface area contributed by atoms with E-state index in [2.05, 4.69) is 13.5 Å². The van der Waals surface area contributed by atoms with Crippen molar-refractivity contribution in [2.24, 2.45) is 0 Å². The highest BCUT2D eigenvalue weighted by Gasteiger charge is 2.41. The topological polar surface area (TPSA) is 32.8 Å². The molecule has 0 aliphatic carbocycles. The van der Waals surface area contributed by atoms with Crippen LogP contribution in [-0.4, -0.2) is 23.4 Å². The number of rotatable bonds is 4. The van der Waals surface area contributed by atoms with E-state index in [0.29, 0.717) is 0 Å². The van der Waals surface area contributed by atoms with Gasteiger partial charge < -0.3 is 9.84 Å². The van der Waals surface area contributed by atoms with Gasteiger partial charge in [0.2, 0.25) is 0 Å². The first-order valence-electron chi connectivity index (χ1n) is 3.75. The maximum absolute atomic E-state index is 9.15. The fraction of sp³-hybridized carbons (Fsp3) is 0.750. The van der Waals surface area contributed by atoms with E-state index in [4.69, 9.17) is 9.84 Å². The van der Waals surface area contributed by atoms with E-state index < -0.39 is 6.10 Å². The highest BCUT2D eigenvalue weighted by atomic mass is 16.6. The smallest absolute Gasteiger partial charge is 0.114 e. The van der Waals surface area contributed by atoms with Crippen molar-refractivity contribution >= 4 is 0 Å².